The smallest absolute Gasteiger partial charge is 0.199 e. The maximum Gasteiger partial charge on any atom is 0.199 e. The Labute approximate surface area is 71.4 Å². The molecule has 3 heteroatoms. The molecular formula is C9H7O2P. The summed E-state index contributed by atoms with van der Waals surface area (Å²) in [6, 6.07) is 7.20. The molecule has 0 aliphatic carbocycles. The second-order valence-corrected chi connectivity index (χ2v) is 3.14. The van der Waals surface area contributed by atoms with Crippen LogP contribution in [0, 0.1) is 0 Å². The van der Waals surface area contributed by atoms with Gasteiger partial charge in [-0.3, -0.25) is 4.79 Å². The van der Waals surface area contributed by atoms with Crippen LogP contribution in [0.2, 0.25) is 0 Å². The second kappa shape index (κ2) is 2.72. The minimum atomic E-state index is 0.0156. The molecule has 0 spiro atoms. The zero-order valence-electron chi connectivity index (χ0n) is 6.28. The van der Waals surface area contributed by atoms with Crippen LogP contribution < -0.4 is 10.7 Å². The molecule has 1 aromatic heterocycles. The summed E-state index contributed by atoms with van der Waals surface area (Å²) in [4.78, 5) is 11.4. The lowest BCUT2D eigenvalue weighted by atomic mass is 10.2. The molecule has 0 bridgehead atoms. The predicted octanol–water partition coefficient (Wildman–Crippen LogP) is 1.29. The van der Waals surface area contributed by atoms with Crippen molar-refractivity contribution in [1.29, 1.82) is 0 Å². The number of benzene rings is 1. The third-order valence-corrected chi connectivity index (χ3v) is 2.11. The van der Waals surface area contributed by atoms with Gasteiger partial charge in [0.05, 0.1) is 10.7 Å². The lowest BCUT2D eigenvalue weighted by Gasteiger charge is -1.95. The van der Waals surface area contributed by atoms with Crippen LogP contribution in [-0.4, -0.2) is 0 Å². The first-order valence-electron chi connectivity index (χ1n) is 3.55. The largest absolute Gasteiger partial charge is 0.463 e. The topological polar surface area (TPSA) is 30.2 Å². The number of fused-ring (bicyclic) bond motifs is 1. The molecule has 2 aromatic rings. The molecule has 0 radical (unpaired) electrons. The molecule has 1 aromatic carbocycles. The van der Waals surface area contributed by atoms with Gasteiger partial charge in [-0.1, -0.05) is 21.4 Å². The number of hydrogen-bond donors (Lipinski definition) is 0. The van der Waals surface area contributed by atoms with Crippen molar-refractivity contribution in [2.45, 2.75) is 0 Å². The van der Waals surface area contributed by atoms with Crippen molar-refractivity contribution in [2.24, 2.45) is 0 Å². The van der Waals surface area contributed by atoms with Crippen molar-refractivity contribution in [3.8, 4) is 0 Å². The van der Waals surface area contributed by atoms with Crippen LogP contribution >= 0.6 is 9.24 Å². The quantitative estimate of drug-likeness (QED) is 0.569. The predicted molar refractivity (Wildman–Crippen MR) is 51.8 cm³/mol. The molecule has 0 saturated carbocycles. The van der Waals surface area contributed by atoms with Crippen molar-refractivity contribution in [1.82, 2.24) is 0 Å². The summed E-state index contributed by atoms with van der Waals surface area (Å²) in [6.45, 7) is 0. The fourth-order valence-corrected chi connectivity index (χ4v) is 1.32. The van der Waals surface area contributed by atoms with E-state index in [0.29, 0.717) is 16.3 Å². The molecule has 2 rings (SSSR count). The van der Waals surface area contributed by atoms with Crippen molar-refractivity contribution in [3.05, 3.63) is 40.8 Å². The Kier molecular flexibility index (Phi) is 1.70. The Bertz CT molecular complexity index is 473. The summed E-state index contributed by atoms with van der Waals surface area (Å²) in [6.07, 6.45) is 1.45. The van der Waals surface area contributed by atoms with Gasteiger partial charge in [0.15, 0.2) is 5.43 Å². The van der Waals surface area contributed by atoms with E-state index in [-0.39, 0.29) is 5.43 Å². The fraction of sp³-hybridized carbons (Fsp3) is 0. The number of hydrogen-bond acceptors (Lipinski definition) is 2. The van der Waals surface area contributed by atoms with E-state index in [1.165, 1.54) is 6.26 Å². The average Bonchev–Trinajstić information content (AvgIpc) is 2.12. The van der Waals surface area contributed by atoms with Crippen molar-refractivity contribution < 1.29 is 4.42 Å². The molecular weight excluding hydrogens is 171 g/mol. The van der Waals surface area contributed by atoms with Gasteiger partial charge in [0.1, 0.15) is 11.8 Å². The van der Waals surface area contributed by atoms with Crippen LogP contribution in [0.25, 0.3) is 11.0 Å². The van der Waals surface area contributed by atoms with Gasteiger partial charge in [-0.2, -0.15) is 0 Å². The Balaban J connectivity index is 3.01. The van der Waals surface area contributed by atoms with Gasteiger partial charge in [-0.15, -0.1) is 0 Å². The molecule has 0 fully saturated rings. The van der Waals surface area contributed by atoms with E-state index in [0.717, 1.165) is 0 Å². The molecule has 2 nitrogen and oxygen atoms in total. The van der Waals surface area contributed by atoms with Crippen LogP contribution in [0.4, 0.5) is 0 Å². The van der Waals surface area contributed by atoms with E-state index in [4.69, 9.17) is 4.42 Å². The minimum Gasteiger partial charge on any atom is -0.463 e. The van der Waals surface area contributed by atoms with E-state index in [1.54, 1.807) is 12.1 Å². The van der Waals surface area contributed by atoms with Gasteiger partial charge < -0.3 is 4.42 Å². The van der Waals surface area contributed by atoms with E-state index in [1.807, 2.05) is 12.1 Å². The zero-order valence-corrected chi connectivity index (χ0v) is 7.44. The first-order valence-corrected chi connectivity index (χ1v) is 4.13. The third kappa shape index (κ3) is 1.05. The standard InChI is InChI=1S/C9H7O2P/c10-9-6-3-1-2-4-7(6)11-5-8(9)12/h1-5H,12H2. The Morgan fingerprint density at radius 3 is 2.83 bits per heavy atom. The van der Waals surface area contributed by atoms with Crippen LogP contribution in [0.3, 0.4) is 0 Å². The molecule has 12 heavy (non-hydrogen) atoms. The summed E-state index contributed by atoms with van der Waals surface area (Å²) in [5.41, 5.74) is 0.649. The van der Waals surface area contributed by atoms with Gasteiger partial charge >= 0.3 is 0 Å². The van der Waals surface area contributed by atoms with E-state index in [9.17, 15) is 4.79 Å². The minimum absolute atomic E-state index is 0.0156. The highest BCUT2D eigenvalue weighted by Crippen LogP contribution is 2.07. The zero-order chi connectivity index (χ0) is 8.55. The first kappa shape index (κ1) is 7.51. The fourth-order valence-electron chi connectivity index (χ4n) is 1.09. The van der Waals surface area contributed by atoms with E-state index in [2.05, 4.69) is 9.24 Å². The molecule has 0 N–H and O–H groups in total. The highest BCUT2D eigenvalue weighted by molar-refractivity contribution is 7.27. The van der Waals surface area contributed by atoms with Crippen LogP contribution in [0.1, 0.15) is 0 Å². The highest BCUT2D eigenvalue weighted by atomic mass is 31.0. The maximum atomic E-state index is 11.4. The van der Waals surface area contributed by atoms with Gasteiger partial charge in [0.25, 0.3) is 0 Å². The molecule has 1 heterocycles. The molecule has 1 atom stereocenters. The number of para-hydroxylation sites is 1. The SMILES string of the molecule is O=c1c(P)coc2ccccc12. The van der Waals surface area contributed by atoms with Gasteiger partial charge in [0, 0.05) is 0 Å². The molecule has 1 unspecified atom stereocenters. The van der Waals surface area contributed by atoms with Gasteiger partial charge in [-0.05, 0) is 12.1 Å². The van der Waals surface area contributed by atoms with E-state index < -0.39 is 0 Å². The van der Waals surface area contributed by atoms with Crippen LogP contribution in [0.5, 0.6) is 0 Å². The summed E-state index contributed by atoms with van der Waals surface area (Å²) >= 11 is 0. The summed E-state index contributed by atoms with van der Waals surface area (Å²) < 4.78 is 5.20. The highest BCUT2D eigenvalue weighted by Gasteiger charge is 2.00. The molecule has 0 aliphatic heterocycles. The van der Waals surface area contributed by atoms with Crippen LogP contribution in [0.15, 0.2) is 39.7 Å². The van der Waals surface area contributed by atoms with Crippen molar-refractivity contribution >= 4 is 25.5 Å². The normalized spacial score (nSPS) is 10.4. The molecule has 0 saturated heterocycles. The second-order valence-electron chi connectivity index (χ2n) is 2.52. The summed E-state index contributed by atoms with van der Waals surface area (Å²) in [7, 11) is 2.35. The van der Waals surface area contributed by atoms with Crippen molar-refractivity contribution in [2.75, 3.05) is 0 Å². The Hall–Kier alpha value is -1.14. The molecule has 0 aliphatic rings. The lowest BCUT2D eigenvalue weighted by molar-refractivity contribution is 0.607. The van der Waals surface area contributed by atoms with E-state index >= 15 is 0 Å². The third-order valence-electron chi connectivity index (χ3n) is 1.71. The Morgan fingerprint density at radius 2 is 2.00 bits per heavy atom. The average molecular weight is 178 g/mol. The molecule has 0 amide bonds. The van der Waals surface area contributed by atoms with Gasteiger partial charge in [-0.25, -0.2) is 0 Å². The summed E-state index contributed by atoms with van der Waals surface area (Å²) in [5.74, 6) is 0. The first-order chi connectivity index (χ1) is 5.79. The monoisotopic (exact) mass is 178 g/mol. The Morgan fingerprint density at radius 1 is 1.25 bits per heavy atom. The number of rotatable bonds is 0. The maximum absolute atomic E-state index is 11.4. The van der Waals surface area contributed by atoms with Crippen LogP contribution in [-0.2, 0) is 0 Å². The summed E-state index contributed by atoms with van der Waals surface area (Å²) in [5, 5.41) is 1.19. The lowest BCUT2D eigenvalue weighted by Crippen LogP contribution is -2.16. The van der Waals surface area contributed by atoms with Gasteiger partial charge in [0.2, 0.25) is 0 Å². The van der Waals surface area contributed by atoms with Crippen molar-refractivity contribution in [3.63, 3.8) is 0 Å². The molecule has 60 valence electrons.